The van der Waals surface area contributed by atoms with Crippen LogP contribution in [0.15, 0.2) is 71.7 Å². The quantitative estimate of drug-likeness (QED) is 0.552. The molecule has 0 bridgehead atoms. The lowest BCUT2D eigenvalue weighted by Crippen LogP contribution is -2.30. The van der Waals surface area contributed by atoms with Crippen LogP contribution < -0.4 is 10.9 Å². The van der Waals surface area contributed by atoms with Crippen LogP contribution in [0.2, 0.25) is 0 Å². The van der Waals surface area contributed by atoms with Crippen molar-refractivity contribution in [1.82, 2.24) is 9.55 Å². The number of carbonyl (C=O) groups is 1. The molecule has 150 valence electrons. The van der Waals surface area contributed by atoms with Gasteiger partial charge in [0.2, 0.25) is 0 Å². The Hall–Kier alpha value is -3.94. The van der Waals surface area contributed by atoms with Crippen molar-refractivity contribution in [2.45, 2.75) is 6.54 Å². The minimum absolute atomic E-state index is 0.00895. The van der Waals surface area contributed by atoms with E-state index in [9.17, 15) is 22.8 Å². The number of anilines is 1. The second-order valence-electron chi connectivity index (χ2n) is 6.58. The topological polar surface area (TPSA) is 64.0 Å². The summed E-state index contributed by atoms with van der Waals surface area (Å²) in [5.41, 5.74) is 0.197. The van der Waals surface area contributed by atoms with Crippen LogP contribution in [0.5, 0.6) is 0 Å². The summed E-state index contributed by atoms with van der Waals surface area (Å²) in [4.78, 5) is 30.0. The Bertz CT molecular complexity index is 1320. The molecule has 0 aliphatic heterocycles. The van der Waals surface area contributed by atoms with Crippen LogP contribution >= 0.6 is 0 Å². The molecule has 5 nitrogen and oxygen atoms in total. The van der Waals surface area contributed by atoms with Crippen molar-refractivity contribution in [3.8, 4) is 0 Å². The van der Waals surface area contributed by atoms with Crippen LogP contribution in [0.25, 0.3) is 11.0 Å². The van der Waals surface area contributed by atoms with Crippen LogP contribution in [0.4, 0.5) is 18.9 Å². The molecule has 0 unspecified atom stereocenters. The maximum atomic E-state index is 13.4. The van der Waals surface area contributed by atoms with Gasteiger partial charge in [-0.2, -0.15) is 0 Å². The average molecular weight is 409 g/mol. The van der Waals surface area contributed by atoms with E-state index in [4.69, 9.17) is 0 Å². The van der Waals surface area contributed by atoms with Crippen LogP contribution in [0, 0.1) is 17.5 Å². The summed E-state index contributed by atoms with van der Waals surface area (Å²) in [7, 11) is 0. The highest BCUT2D eigenvalue weighted by molar-refractivity contribution is 6.05. The van der Waals surface area contributed by atoms with E-state index in [0.717, 1.165) is 12.1 Å². The van der Waals surface area contributed by atoms with Crippen LogP contribution in [-0.2, 0) is 6.54 Å². The van der Waals surface area contributed by atoms with E-state index in [1.165, 1.54) is 47.2 Å². The fourth-order valence-corrected chi connectivity index (χ4v) is 3.06. The maximum absolute atomic E-state index is 13.4. The molecule has 0 aliphatic carbocycles. The van der Waals surface area contributed by atoms with Crippen molar-refractivity contribution >= 4 is 22.6 Å². The number of fused-ring (bicyclic) bond motifs is 1. The number of aromatic nitrogens is 2. The monoisotopic (exact) mass is 409 g/mol. The largest absolute Gasteiger partial charge is 0.322 e. The van der Waals surface area contributed by atoms with E-state index < -0.39 is 28.9 Å². The first kappa shape index (κ1) is 19.4. The highest BCUT2D eigenvalue weighted by atomic mass is 19.2. The molecule has 0 fully saturated rings. The second kappa shape index (κ2) is 7.82. The van der Waals surface area contributed by atoms with E-state index in [0.29, 0.717) is 16.6 Å². The summed E-state index contributed by atoms with van der Waals surface area (Å²) in [6.45, 7) is 0.0684. The number of hydrogen-bond donors (Lipinski definition) is 1. The lowest BCUT2D eigenvalue weighted by Gasteiger charge is -2.12. The minimum Gasteiger partial charge on any atom is -0.322 e. The molecule has 1 amide bonds. The minimum atomic E-state index is -1.12. The number of halogens is 3. The molecule has 2 aromatic heterocycles. The standard InChI is InChI=1S/C22H14F3N3O2/c23-15-5-3-13(4-6-15)12-28-20-14(2-1-9-26-20)10-17(22(28)30)21(29)27-16-7-8-18(24)19(25)11-16/h1-11H,12H2,(H,27,29). The van der Waals surface area contributed by atoms with E-state index in [-0.39, 0.29) is 17.8 Å². The first-order valence-corrected chi connectivity index (χ1v) is 8.92. The Balaban J connectivity index is 1.77. The third kappa shape index (κ3) is 3.80. The van der Waals surface area contributed by atoms with Gasteiger partial charge in [-0.3, -0.25) is 14.2 Å². The Morgan fingerprint density at radius 3 is 2.47 bits per heavy atom. The first-order chi connectivity index (χ1) is 14.4. The molecule has 0 saturated carbocycles. The van der Waals surface area contributed by atoms with Gasteiger partial charge < -0.3 is 5.32 Å². The number of amides is 1. The zero-order valence-corrected chi connectivity index (χ0v) is 15.4. The Morgan fingerprint density at radius 2 is 1.73 bits per heavy atom. The van der Waals surface area contributed by atoms with Gasteiger partial charge in [-0.25, -0.2) is 18.2 Å². The maximum Gasteiger partial charge on any atom is 0.265 e. The van der Waals surface area contributed by atoms with Gasteiger partial charge in [-0.15, -0.1) is 0 Å². The summed E-state index contributed by atoms with van der Waals surface area (Å²) < 4.78 is 41.1. The van der Waals surface area contributed by atoms with Gasteiger partial charge in [0.1, 0.15) is 17.0 Å². The Morgan fingerprint density at radius 1 is 0.967 bits per heavy atom. The third-order valence-corrected chi connectivity index (χ3v) is 4.52. The molecule has 2 aromatic carbocycles. The van der Waals surface area contributed by atoms with Crippen LogP contribution in [0.3, 0.4) is 0 Å². The van der Waals surface area contributed by atoms with Crippen molar-refractivity contribution in [2.75, 3.05) is 5.32 Å². The van der Waals surface area contributed by atoms with Crippen molar-refractivity contribution in [2.24, 2.45) is 0 Å². The van der Waals surface area contributed by atoms with Gasteiger partial charge in [0.05, 0.1) is 6.54 Å². The average Bonchev–Trinajstić information content (AvgIpc) is 2.74. The van der Waals surface area contributed by atoms with Gasteiger partial charge in [-0.1, -0.05) is 12.1 Å². The highest BCUT2D eigenvalue weighted by Crippen LogP contribution is 2.16. The SMILES string of the molecule is O=C(Nc1ccc(F)c(F)c1)c1cc2cccnc2n(Cc2ccc(F)cc2)c1=O. The van der Waals surface area contributed by atoms with E-state index in [1.807, 2.05) is 0 Å². The van der Waals surface area contributed by atoms with Crippen molar-refractivity contribution in [1.29, 1.82) is 0 Å². The fourth-order valence-electron chi connectivity index (χ4n) is 3.06. The molecule has 4 aromatic rings. The Labute approximate surface area is 168 Å². The van der Waals surface area contributed by atoms with Crippen LogP contribution in [-0.4, -0.2) is 15.5 Å². The molecule has 0 aliphatic rings. The zero-order valence-electron chi connectivity index (χ0n) is 15.4. The molecule has 30 heavy (non-hydrogen) atoms. The summed E-state index contributed by atoms with van der Waals surface area (Å²) in [6, 6.07) is 13.2. The molecule has 2 heterocycles. The van der Waals surface area contributed by atoms with Gasteiger partial charge in [0.15, 0.2) is 11.6 Å². The molecule has 4 rings (SSSR count). The van der Waals surface area contributed by atoms with Crippen molar-refractivity contribution in [3.05, 3.63) is 106 Å². The molecule has 0 spiro atoms. The molecule has 1 N–H and O–H groups in total. The number of rotatable bonds is 4. The summed E-state index contributed by atoms with van der Waals surface area (Å²) >= 11 is 0. The van der Waals surface area contributed by atoms with Gasteiger partial charge >= 0.3 is 0 Å². The molecular formula is C22H14F3N3O2. The van der Waals surface area contributed by atoms with Gasteiger partial charge in [0.25, 0.3) is 11.5 Å². The van der Waals surface area contributed by atoms with Gasteiger partial charge in [0, 0.05) is 23.3 Å². The van der Waals surface area contributed by atoms with E-state index >= 15 is 0 Å². The first-order valence-electron chi connectivity index (χ1n) is 8.92. The highest BCUT2D eigenvalue weighted by Gasteiger charge is 2.17. The second-order valence-corrected chi connectivity index (χ2v) is 6.58. The number of nitrogens with one attached hydrogen (secondary N) is 1. The number of carbonyl (C=O) groups excluding carboxylic acids is 1. The van der Waals surface area contributed by atoms with E-state index in [1.54, 1.807) is 12.1 Å². The van der Waals surface area contributed by atoms with Crippen molar-refractivity contribution < 1.29 is 18.0 Å². The van der Waals surface area contributed by atoms with E-state index in [2.05, 4.69) is 10.3 Å². The lowest BCUT2D eigenvalue weighted by atomic mass is 10.1. The smallest absolute Gasteiger partial charge is 0.265 e. The predicted molar refractivity (Wildman–Crippen MR) is 106 cm³/mol. The predicted octanol–water partition coefficient (Wildman–Crippen LogP) is 4.11. The number of benzene rings is 2. The number of pyridine rings is 2. The van der Waals surface area contributed by atoms with Gasteiger partial charge in [-0.05, 0) is 48.0 Å². The summed E-state index contributed by atoms with van der Waals surface area (Å²) in [6.07, 6.45) is 1.52. The van der Waals surface area contributed by atoms with Crippen LogP contribution in [0.1, 0.15) is 15.9 Å². The molecule has 0 saturated heterocycles. The fraction of sp³-hybridized carbons (Fsp3) is 0.0455. The normalized spacial score (nSPS) is 10.9. The Kier molecular flexibility index (Phi) is 5.05. The zero-order chi connectivity index (χ0) is 21.3. The summed E-state index contributed by atoms with van der Waals surface area (Å²) in [5.74, 6) is -3.35. The summed E-state index contributed by atoms with van der Waals surface area (Å²) in [5, 5.41) is 2.94. The van der Waals surface area contributed by atoms with Crippen molar-refractivity contribution in [3.63, 3.8) is 0 Å². The third-order valence-electron chi connectivity index (χ3n) is 4.52. The number of nitrogens with zero attached hydrogens (tertiary/aromatic N) is 2. The molecule has 0 atom stereocenters. The molecular weight excluding hydrogens is 395 g/mol. The number of hydrogen-bond acceptors (Lipinski definition) is 3. The molecule has 0 radical (unpaired) electrons. The molecule has 8 heteroatoms. The lowest BCUT2D eigenvalue weighted by molar-refractivity contribution is 0.102.